The predicted octanol–water partition coefficient (Wildman–Crippen LogP) is 3.99. The molecule has 0 aliphatic heterocycles. The molecule has 0 saturated heterocycles. The smallest absolute Gasteiger partial charge is 0.310 e. The van der Waals surface area contributed by atoms with Gasteiger partial charge in [-0.1, -0.05) is 51.7 Å². The number of benzene rings is 1. The largest absolute Gasteiger partial charge is 0.484 e. The molecule has 5 nitrogen and oxygen atoms in total. The van der Waals surface area contributed by atoms with Crippen LogP contribution in [0.4, 0.5) is 0 Å². The van der Waals surface area contributed by atoms with Crippen molar-refractivity contribution < 1.29 is 19.1 Å². The van der Waals surface area contributed by atoms with Crippen LogP contribution >= 0.6 is 0 Å². The van der Waals surface area contributed by atoms with Gasteiger partial charge in [-0.3, -0.25) is 9.59 Å². The van der Waals surface area contributed by atoms with E-state index in [4.69, 9.17) is 9.47 Å². The van der Waals surface area contributed by atoms with Crippen LogP contribution in [-0.4, -0.2) is 43.1 Å². The molecule has 1 saturated carbocycles. The summed E-state index contributed by atoms with van der Waals surface area (Å²) >= 11 is 0. The fourth-order valence-electron chi connectivity index (χ4n) is 3.64. The number of aryl methyl sites for hydroxylation is 1. The van der Waals surface area contributed by atoms with Crippen LogP contribution in [0, 0.1) is 5.92 Å². The van der Waals surface area contributed by atoms with Gasteiger partial charge in [-0.2, -0.15) is 0 Å². The van der Waals surface area contributed by atoms with Gasteiger partial charge in [0.1, 0.15) is 5.75 Å². The van der Waals surface area contributed by atoms with E-state index in [2.05, 4.69) is 6.92 Å². The van der Waals surface area contributed by atoms with Crippen molar-refractivity contribution in [3.8, 4) is 5.75 Å². The highest BCUT2D eigenvalue weighted by Crippen LogP contribution is 2.23. The maximum atomic E-state index is 12.9. The Morgan fingerprint density at radius 3 is 2.30 bits per heavy atom. The van der Waals surface area contributed by atoms with Crippen LogP contribution in [0.3, 0.4) is 0 Å². The number of nitrogens with zero attached hydrogens (tertiary/aromatic N) is 1. The average molecular weight is 376 g/mol. The molecule has 1 aliphatic carbocycles. The number of carbonyl (C=O) groups is 2. The first-order valence-corrected chi connectivity index (χ1v) is 10.1. The Balaban J connectivity index is 2.02. The summed E-state index contributed by atoms with van der Waals surface area (Å²) in [5.41, 5.74) is 1.24. The molecule has 1 aromatic carbocycles. The van der Waals surface area contributed by atoms with Gasteiger partial charge >= 0.3 is 5.97 Å². The topological polar surface area (TPSA) is 55.8 Å². The van der Waals surface area contributed by atoms with Crippen LogP contribution in [0.2, 0.25) is 0 Å². The van der Waals surface area contributed by atoms with Crippen molar-refractivity contribution in [2.45, 2.75) is 64.8 Å². The first-order valence-electron chi connectivity index (χ1n) is 10.1. The molecule has 1 aromatic rings. The van der Waals surface area contributed by atoms with Crippen LogP contribution in [0.15, 0.2) is 24.3 Å². The number of methoxy groups -OCH3 is 1. The molecule has 0 bridgehead atoms. The van der Waals surface area contributed by atoms with Crippen molar-refractivity contribution in [1.82, 2.24) is 4.90 Å². The van der Waals surface area contributed by atoms with Crippen molar-refractivity contribution in [3.05, 3.63) is 29.8 Å². The zero-order chi connectivity index (χ0) is 19.6. The minimum Gasteiger partial charge on any atom is -0.484 e. The average Bonchev–Trinajstić information content (AvgIpc) is 2.99. The van der Waals surface area contributed by atoms with E-state index in [0.29, 0.717) is 12.3 Å². The van der Waals surface area contributed by atoms with Crippen LogP contribution in [0.1, 0.15) is 57.9 Å². The summed E-state index contributed by atoms with van der Waals surface area (Å²) in [5.74, 6) is 0.0168. The van der Waals surface area contributed by atoms with E-state index in [1.807, 2.05) is 36.1 Å². The fourth-order valence-corrected chi connectivity index (χ4v) is 3.64. The second kappa shape index (κ2) is 11.0. The maximum Gasteiger partial charge on any atom is 0.310 e. The third-order valence-electron chi connectivity index (χ3n) is 5.35. The lowest BCUT2D eigenvalue weighted by Gasteiger charge is -2.32. The second-order valence-electron chi connectivity index (χ2n) is 7.40. The Labute approximate surface area is 163 Å². The Kier molecular flexibility index (Phi) is 8.62. The van der Waals surface area contributed by atoms with Gasteiger partial charge in [0, 0.05) is 12.6 Å². The highest BCUT2D eigenvalue weighted by molar-refractivity contribution is 5.79. The molecule has 1 atom stereocenters. The molecule has 1 fully saturated rings. The summed E-state index contributed by atoms with van der Waals surface area (Å²) in [6.07, 6.45) is 7.63. The Bertz CT molecular complexity index is 591. The SMILES string of the molecule is CCc1ccc(OCC(=O)N(CC(C)C(=O)OC)C2CCCCCC2)cc1. The van der Waals surface area contributed by atoms with Crippen molar-refractivity contribution in [1.29, 1.82) is 0 Å². The van der Waals surface area contributed by atoms with Crippen molar-refractivity contribution in [3.63, 3.8) is 0 Å². The predicted molar refractivity (Wildman–Crippen MR) is 106 cm³/mol. The molecule has 2 rings (SSSR count). The molecule has 0 aromatic heterocycles. The minimum atomic E-state index is -0.342. The summed E-state index contributed by atoms with van der Waals surface area (Å²) in [6, 6.07) is 8.01. The van der Waals surface area contributed by atoms with Crippen LogP contribution in [-0.2, 0) is 20.7 Å². The Hall–Kier alpha value is -2.04. The molecular formula is C22H33NO4. The maximum absolute atomic E-state index is 12.9. The van der Waals surface area contributed by atoms with Crippen LogP contribution < -0.4 is 4.74 Å². The monoisotopic (exact) mass is 375 g/mol. The van der Waals surface area contributed by atoms with E-state index in [-0.39, 0.29) is 30.4 Å². The van der Waals surface area contributed by atoms with Gasteiger partial charge in [0.2, 0.25) is 0 Å². The summed E-state index contributed by atoms with van der Waals surface area (Å²) in [5, 5.41) is 0. The van der Waals surface area contributed by atoms with E-state index in [1.165, 1.54) is 25.5 Å². The molecule has 0 radical (unpaired) electrons. The first kappa shape index (κ1) is 21.3. The number of hydrogen-bond acceptors (Lipinski definition) is 4. The third-order valence-corrected chi connectivity index (χ3v) is 5.35. The number of esters is 1. The normalized spacial score (nSPS) is 16.3. The lowest BCUT2D eigenvalue weighted by molar-refractivity contribution is -0.147. The van der Waals surface area contributed by atoms with Gasteiger partial charge in [0.15, 0.2) is 6.61 Å². The molecule has 0 spiro atoms. The molecule has 150 valence electrons. The molecule has 5 heteroatoms. The molecular weight excluding hydrogens is 342 g/mol. The lowest BCUT2D eigenvalue weighted by atomic mass is 10.0. The Morgan fingerprint density at radius 2 is 1.74 bits per heavy atom. The molecule has 1 aliphatic rings. The van der Waals surface area contributed by atoms with E-state index in [0.717, 1.165) is 32.1 Å². The number of carbonyl (C=O) groups excluding carboxylic acids is 2. The number of hydrogen-bond donors (Lipinski definition) is 0. The van der Waals surface area contributed by atoms with E-state index in [1.54, 1.807) is 0 Å². The van der Waals surface area contributed by atoms with Gasteiger partial charge in [-0.05, 0) is 37.0 Å². The molecule has 1 unspecified atom stereocenters. The highest BCUT2D eigenvalue weighted by Gasteiger charge is 2.28. The molecule has 0 N–H and O–H groups in total. The quantitative estimate of drug-likeness (QED) is 0.509. The minimum absolute atomic E-state index is 0.00410. The zero-order valence-corrected chi connectivity index (χ0v) is 16.9. The summed E-state index contributed by atoms with van der Waals surface area (Å²) < 4.78 is 10.6. The van der Waals surface area contributed by atoms with Gasteiger partial charge in [0.05, 0.1) is 13.0 Å². The van der Waals surface area contributed by atoms with Crippen LogP contribution in [0.5, 0.6) is 5.75 Å². The standard InChI is InChI=1S/C22H33NO4/c1-4-18-11-13-20(14-12-18)27-16-21(24)23(15-17(2)22(25)26-3)19-9-7-5-6-8-10-19/h11-14,17,19H,4-10,15-16H2,1-3H3. The summed E-state index contributed by atoms with van der Waals surface area (Å²) in [6.45, 7) is 4.30. The molecule has 0 heterocycles. The van der Waals surface area contributed by atoms with E-state index in [9.17, 15) is 9.59 Å². The molecule has 1 amide bonds. The fraction of sp³-hybridized carbons (Fsp3) is 0.636. The number of rotatable bonds is 8. The van der Waals surface area contributed by atoms with Crippen molar-refractivity contribution in [2.75, 3.05) is 20.3 Å². The van der Waals surface area contributed by atoms with E-state index < -0.39 is 0 Å². The number of ether oxygens (including phenoxy) is 2. The van der Waals surface area contributed by atoms with Crippen molar-refractivity contribution in [2.24, 2.45) is 5.92 Å². The summed E-state index contributed by atoms with van der Waals surface area (Å²) in [4.78, 5) is 26.7. The van der Waals surface area contributed by atoms with Gasteiger partial charge < -0.3 is 14.4 Å². The first-order chi connectivity index (χ1) is 13.0. The van der Waals surface area contributed by atoms with Crippen LogP contribution in [0.25, 0.3) is 0 Å². The number of amides is 1. The third kappa shape index (κ3) is 6.56. The molecule has 27 heavy (non-hydrogen) atoms. The Morgan fingerprint density at radius 1 is 1.11 bits per heavy atom. The zero-order valence-electron chi connectivity index (χ0n) is 16.9. The van der Waals surface area contributed by atoms with Gasteiger partial charge in [0.25, 0.3) is 5.91 Å². The van der Waals surface area contributed by atoms with Gasteiger partial charge in [-0.25, -0.2) is 0 Å². The highest BCUT2D eigenvalue weighted by atomic mass is 16.5. The van der Waals surface area contributed by atoms with Crippen molar-refractivity contribution >= 4 is 11.9 Å². The second-order valence-corrected chi connectivity index (χ2v) is 7.40. The summed E-state index contributed by atoms with van der Waals surface area (Å²) in [7, 11) is 1.39. The van der Waals surface area contributed by atoms with Gasteiger partial charge in [-0.15, -0.1) is 0 Å². The lowest BCUT2D eigenvalue weighted by Crippen LogP contribution is -2.46. The van der Waals surface area contributed by atoms with E-state index >= 15 is 0 Å².